The van der Waals surface area contributed by atoms with Gasteiger partial charge in [0.1, 0.15) is 30.0 Å². The number of benzene rings is 3. The monoisotopic (exact) mass is 573 g/mol. The molecule has 3 aromatic carbocycles. The number of anilines is 1. The first-order valence-corrected chi connectivity index (χ1v) is 14.2. The van der Waals surface area contributed by atoms with Crippen LogP contribution in [0.25, 0.3) is 0 Å². The van der Waals surface area contributed by atoms with Gasteiger partial charge in [0.25, 0.3) is 10.0 Å². The summed E-state index contributed by atoms with van der Waals surface area (Å²) >= 11 is 0. The number of rotatable bonds is 12. The number of carbonyl (C=O) groups is 2. The van der Waals surface area contributed by atoms with Crippen LogP contribution in [-0.2, 0) is 26.2 Å². The molecule has 3 rings (SSSR count). The number of sulfonamides is 1. The minimum absolute atomic E-state index is 0.0353. The molecule has 0 unspecified atom stereocenters. The van der Waals surface area contributed by atoms with Gasteiger partial charge in [-0.1, -0.05) is 25.1 Å². The van der Waals surface area contributed by atoms with Crippen molar-refractivity contribution >= 4 is 27.5 Å². The van der Waals surface area contributed by atoms with Gasteiger partial charge in [0.15, 0.2) is 0 Å². The lowest BCUT2D eigenvalue weighted by atomic mass is 10.1. The number of amides is 2. The first kappa shape index (κ1) is 30.6. The molecule has 1 N–H and O–H groups in total. The molecule has 0 aliphatic heterocycles. The predicted octanol–water partition coefficient (Wildman–Crippen LogP) is 4.50. The van der Waals surface area contributed by atoms with Crippen LogP contribution < -0.4 is 14.4 Å². The summed E-state index contributed by atoms with van der Waals surface area (Å²) in [5.74, 6) is -1.95. The van der Waals surface area contributed by atoms with Crippen molar-refractivity contribution in [3.63, 3.8) is 0 Å². The molecule has 0 aromatic heterocycles. The lowest BCUT2D eigenvalue weighted by Crippen LogP contribution is -2.52. The van der Waals surface area contributed by atoms with Crippen molar-refractivity contribution in [2.45, 2.75) is 50.7 Å². The van der Waals surface area contributed by atoms with Crippen LogP contribution in [0.2, 0.25) is 0 Å². The summed E-state index contributed by atoms with van der Waals surface area (Å²) < 4.78 is 61.8. The van der Waals surface area contributed by atoms with E-state index in [1.165, 1.54) is 68.6 Å². The van der Waals surface area contributed by atoms with Crippen molar-refractivity contribution in [2.24, 2.45) is 0 Å². The number of halogens is 2. The summed E-state index contributed by atoms with van der Waals surface area (Å²) in [4.78, 5) is 27.8. The van der Waals surface area contributed by atoms with Crippen LogP contribution in [0.15, 0.2) is 77.7 Å². The quantitative estimate of drug-likeness (QED) is 0.344. The second-order valence-electron chi connectivity index (χ2n) is 9.27. The van der Waals surface area contributed by atoms with Gasteiger partial charge in [-0.2, -0.15) is 0 Å². The first-order chi connectivity index (χ1) is 19.0. The van der Waals surface area contributed by atoms with Crippen LogP contribution in [-0.4, -0.2) is 50.9 Å². The first-order valence-electron chi connectivity index (χ1n) is 12.7. The molecule has 40 heavy (non-hydrogen) atoms. The number of nitrogens with zero attached hydrogens (tertiary/aromatic N) is 2. The third-order valence-corrected chi connectivity index (χ3v) is 8.30. The molecule has 11 heteroatoms. The highest BCUT2D eigenvalue weighted by Crippen LogP contribution is 2.26. The number of carbonyl (C=O) groups excluding carboxylic acids is 2. The number of hydrogen-bond donors (Lipinski definition) is 1. The van der Waals surface area contributed by atoms with Gasteiger partial charge in [0, 0.05) is 18.2 Å². The van der Waals surface area contributed by atoms with Crippen molar-refractivity contribution in [3.8, 4) is 5.75 Å². The molecule has 0 heterocycles. The van der Waals surface area contributed by atoms with Crippen molar-refractivity contribution in [1.29, 1.82) is 0 Å². The fourth-order valence-corrected chi connectivity index (χ4v) is 5.28. The average Bonchev–Trinajstić information content (AvgIpc) is 2.95. The van der Waals surface area contributed by atoms with Gasteiger partial charge in [0.2, 0.25) is 11.8 Å². The van der Waals surface area contributed by atoms with E-state index < -0.39 is 46.1 Å². The second-order valence-corrected chi connectivity index (χ2v) is 11.1. The average molecular weight is 574 g/mol. The van der Waals surface area contributed by atoms with Crippen LogP contribution in [0, 0.1) is 11.6 Å². The number of nitrogens with one attached hydrogen (secondary N) is 1. The van der Waals surface area contributed by atoms with Crippen molar-refractivity contribution in [1.82, 2.24) is 10.2 Å². The molecule has 8 nitrogen and oxygen atoms in total. The summed E-state index contributed by atoms with van der Waals surface area (Å²) in [5.41, 5.74) is 0.193. The normalized spacial score (nSPS) is 12.8. The predicted molar refractivity (Wildman–Crippen MR) is 148 cm³/mol. The molecular weight excluding hydrogens is 540 g/mol. The Morgan fingerprint density at radius 2 is 1.57 bits per heavy atom. The molecule has 0 aliphatic rings. The van der Waals surface area contributed by atoms with Gasteiger partial charge in [-0.15, -0.1) is 0 Å². The maximum Gasteiger partial charge on any atom is 0.264 e. The van der Waals surface area contributed by atoms with Gasteiger partial charge in [-0.25, -0.2) is 17.2 Å². The second kappa shape index (κ2) is 13.4. The zero-order valence-electron chi connectivity index (χ0n) is 22.8. The Morgan fingerprint density at radius 3 is 2.15 bits per heavy atom. The van der Waals surface area contributed by atoms with E-state index in [-0.39, 0.29) is 28.7 Å². The molecule has 0 fully saturated rings. The van der Waals surface area contributed by atoms with Crippen molar-refractivity contribution in [3.05, 3.63) is 90.0 Å². The Balaban J connectivity index is 2.03. The Kier molecular flexibility index (Phi) is 10.2. The van der Waals surface area contributed by atoms with Gasteiger partial charge in [-0.3, -0.25) is 13.9 Å². The highest BCUT2D eigenvalue weighted by atomic mass is 32.2. The largest absolute Gasteiger partial charge is 0.497 e. The standard InChI is InChI=1S/C29H33F2N3O5S/c1-5-20(2)32-29(36)21(3)33(18-22-8-6-7-9-27(22)31)28(35)19-34(24-12-10-23(30)11-13-24)40(37,38)26-16-14-25(39-4)15-17-26/h6-17,20-21H,5,18-19H2,1-4H3,(H,32,36)/t20-,21-/m0/s1. The number of ether oxygens (including phenoxy) is 1. The van der Waals surface area contributed by atoms with E-state index in [0.29, 0.717) is 12.2 Å². The third kappa shape index (κ3) is 7.35. The van der Waals surface area contributed by atoms with Gasteiger partial charge in [0.05, 0.1) is 17.7 Å². The number of methoxy groups -OCH3 is 1. The summed E-state index contributed by atoms with van der Waals surface area (Å²) in [7, 11) is -2.90. The highest BCUT2D eigenvalue weighted by Gasteiger charge is 2.33. The molecule has 0 spiro atoms. The summed E-state index contributed by atoms with van der Waals surface area (Å²) in [5, 5.41) is 2.81. The van der Waals surface area contributed by atoms with E-state index in [2.05, 4.69) is 5.32 Å². The summed E-state index contributed by atoms with van der Waals surface area (Å²) in [6, 6.07) is 14.8. The molecule has 0 radical (unpaired) electrons. The van der Waals surface area contributed by atoms with E-state index >= 15 is 0 Å². The Labute approximate surface area is 233 Å². The van der Waals surface area contributed by atoms with Gasteiger partial charge in [-0.05, 0) is 74.9 Å². The molecule has 0 saturated heterocycles. The maximum atomic E-state index is 14.6. The fourth-order valence-electron chi connectivity index (χ4n) is 3.87. The zero-order chi connectivity index (χ0) is 29.4. The summed E-state index contributed by atoms with van der Waals surface area (Å²) in [6.45, 7) is 4.19. The van der Waals surface area contributed by atoms with Crippen molar-refractivity contribution < 1.29 is 31.5 Å². The lowest BCUT2D eigenvalue weighted by molar-refractivity contribution is -0.139. The maximum absolute atomic E-state index is 14.6. The molecule has 2 amide bonds. The van der Waals surface area contributed by atoms with E-state index in [1.54, 1.807) is 6.07 Å². The van der Waals surface area contributed by atoms with Crippen LogP contribution >= 0.6 is 0 Å². The molecule has 2 atom stereocenters. The molecule has 0 aliphatic carbocycles. The minimum Gasteiger partial charge on any atom is -0.497 e. The molecule has 0 saturated carbocycles. The lowest BCUT2D eigenvalue weighted by Gasteiger charge is -2.32. The van der Waals surface area contributed by atoms with E-state index in [0.717, 1.165) is 21.3 Å². The van der Waals surface area contributed by atoms with Gasteiger partial charge < -0.3 is 15.0 Å². The van der Waals surface area contributed by atoms with E-state index in [4.69, 9.17) is 4.74 Å². The molecule has 0 bridgehead atoms. The highest BCUT2D eigenvalue weighted by molar-refractivity contribution is 7.92. The van der Waals surface area contributed by atoms with Crippen LogP contribution in [0.4, 0.5) is 14.5 Å². The molecule has 3 aromatic rings. The smallest absolute Gasteiger partial charge is 0.264 e. The topological polar surface area (TPSA) is 96.0 Å². The van der Waals surface area contributed by atoms with Gasteiger partial charge >= 0.3 is 0 Å². The van der Waals surface area contributed by atoms with E-state index in [1.807, 2.05) is 13.8 Å². The van der Waals surface area contributed by atoms with Crippen LogP contribution in [0.1, 0.15) is 32.8 Å². The Bertz CT molecular complexity index is 1420. The van der Waals surface area contributed by atoms with Crippen LogP contribution in [0.3, 0.4) is 0 Å². The number of hydrogen-bond acceptors (Lipinski definition) is 5. The minimum atomic E-state index is -4.34. The van der Waals surface area contributed by atoms with Crippen LogP contribution in [0.5, 0.6) is 5.75 Å². The Hall–Kier alpha value is -3.99. The molecule has 214 valence electrons. The third-order valence-electron chi connectivity index (χ3n) is 6.51. The SMILES string of the molecule is CC[C@H](C)NC(=O)[C@H](C)N(Cc1ccccc1F)C(=O)CN(c1ccc(F)cc1)S(=O)(=O)c1ccc(OC)cc1. The summed E-state index contributed by atoms with van der Waals surface area (Å²) in [6.07, 6.45) is 0.651. The van der Waals surface area contributed by atoms with E-state index in [9.17, 15) is 26.8 Å². The Morgan fingerprint density at radius 1 is 0.950 bits per heavy atom. The van der Waals surface area contributed by atoms with Crippen molar-refractivity contribution in [2.75, 3.05) is 18.0 Å². The zero-order valence-corrected chi connectivity index (χ0v) is 23.6. The fraction of sp³-hybridized carbons (Fsp3) is 0.310. The molecular formula is C29H33F2N3O5S.